The zero-order chi connectivity index (χ0) is 15.9. The van der Waals surface area contributed by atoms with Crippen molar-refractivity contribution in [2.24, 2.45) is 0 Å². The molecule has 0 aliphatic heterocycles. The summed E-state index contributed by atoms with van der Waals surface area (Å²) in [5.74, 6) is -0.151. The molecular weight excluding hydrogens is 298 g/mol. The zero-order valence-electron chi connectivity index (χ0n) is 13.2. The molecule has 0 atom stereocenters. The van der Waals surface area contributed by atoms with Crippen molar-refractivity contribution < 1.29 is 4.79 Å². The third-order valence-corrected chi connectivity index (χ3v) is 5.57. The molecule has 0 spiro atoms. The van der Waals surface area contributed by atoms with Crippen LogP contribution in [0, 0.1) is 0 Å². The number of rotatable bonds is 4. The highest BCUT2D eigenvalue weighted by Crippen LogP contribution is 2.34. The highest BCUT2D eigenvalue weighted by atomic mass is 32.1. The van der Waals surface area contributed by atoms with Gasteiger partial charge in [0.1, 0.15) is 11.4 Å². The summed E-state index contributed by atoms with van der Waals surface area (Å²) in [5, 5.41) is 3.68. The summed E-state index contributed by atoms with van der Waals surface area (Å²) in [7, 11) is 0. The molecule has 1 N–H and O–H groups in total. The van der Waals surface area contributed by atoms with Crippen LogP contribution in [-0.4, -0.2) is 21.0 Å². The van der Waals surface area contributed by atoms with Gasteiger partial charge in [-0.1, -0.05) is 6.92 Å². The molecule has 22 heavy (non-hydrogen) atoms. The molecule has 3 rings (SSSR count). The molecule has 1 aliphatic rings. The monoisotopic (exact) mass is 319 g/mol. The van der Waals surface area contributed by atoms with Crippen LogP contribution in [0.1, 0.15) is 44.1 Å². The molecule has 6 heteroatoms. The van der Waals surface area contributed by atoms with E-state index in [2.05, 4.69) is 10.3 Å². The summed E-state index contributed by atoms with van der Waals surface area (Å²) in [4.78, 5) is 31.3. The molecule has 0 bridgehead atoms. The van der Waals surface area contributed by atoms with Crippen molar-refractivity contribution >= 4 is 27.5 Å². The van der Waals surface area contributed by atoms with Gasteiger partial charge in [-0.3, -0.25) is 14.2 Å². The van der Waals surface area contributed by atoms with Crippen LogP contribution >= 0.6 is 11.3 Å². The number of hydrogen-bond acceptors (Lipinski definition) is 4. The van der Waals surface area contributed by atoms with Crippen molar-refractivity contribution in [3.8, 4) is 0 Å². The molecule has 2 aromatic rings. The van der Waals surface area contributed by atoms with Gasteiger partial charge in [-0.05, 0) is 45.1 Å². The van der Waals surface area contributed by atoms with E-state index in [-0.39, 0.29) is 23.6 Å². The van der Waals surface area contributed by atoms with Gasteiger partial charge in [-0.25, -0.2) is 4.98 Å². The number of thiophene rings is 1. The molecule has 0 saturated heterocycles. The lowest BCUT2D eigenvalue weighted by Crippen LogP contribution is -2.45. The van der Waals surface area contributed by atoms with E-state index < -0.39 is 0 Å². The molecule has 0 fully saturated rings. The van der Waals surface area contributed by atoms with E-state index in [4.69, 9.17) is 0 Å². The number of hydrogen-bond donors (Lipinski definition) is 1. The Hall–Kier alpha value is -1.69. The van der Waals surface area contributed by atoms with Crippen molar-refractivity contribution in [1.29, 1.82) is 0 Å². The molecule has 118 valence electrons. The van der Waals surface area contributed by atoms with E-state index in [0.29, 0.717) is 0 Å². The van der Waals surface area contributed by atoms with Gasteiger partial charge < -0.3 is 5.32 Å². The molecule has 2 heterocycles. The fourth-order valence-electron chi connectivity index (χ4n) is 2.79. The van der Waals surface area contributed by atoms with Crippen LogP contribution in [0.25, 0.3) is 10.2 Å². The van der Waals surface area contributed by atoms with Crippen LogP contribution in [0.15, 0.2) is 11.1 Å². The second-order valence-corrected chi connectivity index (χ2v) is 7.58. The van der Waals surface area contributed by atoms with Gasteiger partial charge in [0.2, 0.25) is 5.91 Å². The van der Waals surface area contributed by atoms with Gasteiger partial charge in [0.15, 0.2) is 0 Å². The zero-order valence-corrected chi connectivity index (χ0v) is 14.0. The highest BCUT2D eigenvalue weighted by Gasteiger charge is 2.22. The molecule has 0 aromatic carbocycles. The number of aromatic nitrogens is 2. The Morgan fingerprint density at radius 1 is 1.45 bits per heavy atom. The van der Waals surface area contributed by atoms with Gasteiger partial charge in [-0.2, -0.15) is 0 Å². The molecule has 0 saturated carbocycles. The molecule has 2 aromatic heterocycles. The van der Waals surface area contributed by atoms with Gasteiger partial charge in [-0.15, -0.1) is 11.3 Å². The van der Waals surface area contributed by atoms with Crippen LogP contribution in [0.2, 0.25) is 0 Å². The first kappa shape index (κ1) is 15.2. The maximum absolute atomic E-state index is 12.7. The second kappa shape index (κ2) is 5.50. The number of aryl methyl sites for hydroxylation is 2. The lowest BCUT2D eigenvalue weighted by molar-refractivity contribution is -0.123. The Kier molecular flexibility index (Phi) is 3.80. The Labute approximate surface area is 133 Å². The average Bonchev–Trinajstić information content (AvgIpc) is 3.01. The minimum absolute atomic E-state index is 0.0236. The SMILES string of the molecule is CCC(C)(C)NC(=O)Cn1cnc2sc3c(c2c1=O)CCC3. The number of amides is 1. The highest BCUT2D eigenvalue weighted by molar-refractivity contribution is 7.18. The molecule has 5 nitrogen and oxygen atoms in total. The summed E-state index contributed by atoms with van der Waals surface area (Å²) < 4.78 is 1.43. The molecule has 0 radical (unpaired) electrons. The van der Waals surface area contributed by atoms with Gasteiger partial charge in [0.05, 0.1) is 11.7 Å². The number of fused-ring (bicyclic) bond motifs is 3. The van der Waals surface area contributed by atoms with Crippen molar-refractivity contribution in [2.75, 3.05) is 0 Å². The molecular formula is C16H21N3O2S. The van der Waals surface area contributed by atoms with Crippen LogP contribution < -0.4 is 10.9 Å². The minimum atomic E-state index is -0.262. The fourth-order valence-corrected chi connectivity index (χ4v) is 4.01. The second-order valence-electron chi connectivity index (χ2n) is 6.50. The number of nitrogens with zero attached hydrogens (tertiary/aromatic N) is 2. The first-order chi connectivity index (χ1) is 10.4. The van der Waals surface area contributed by atoms with Crippen LogP contribution in [-0.2, 0) is 24.2 Å². The largest absolute Gasteiger partial charge is 0.350 e. The van der Waals surface area contributed by atoms with Gasteiger partial charge >= 0.3 is 0 Å². The van der Waals surface area contributed by atoms with E-state index in [9.17, 15) is 9.59 Å². The Morgan fingerprint density at radius 3 is 2.95 bits per heavy atom. The van der Waals surface area contributed by atoms with Crippen molar-refractivity contribution in [3.05, 3.63) is 27.1 Å². The predicted octanol–water partition coefficient (Wildman–Crippen LogP) is 2.25. The Balaban J connectivity index is 1.91. The molecule has 0 unspecified atom stereocenters. The Bertz CT molecular complexity index is 789. The summed E-state index contributed by atoms with van der Waals surface area (Å²) in [6.45, 7) is 5.99. The lowest BCUT2D eigenvalue weighted by atomic mass is 10.0. The van der Waals surface area contributed by atoms with E-state index in [1.807, 2.05) is 20.8 Å². The van der Waals surface area contributed by atoms with Crippen molar-refractivity contribution in [2.45, 2.75) is 58.5 Å². The first-order valence-corrected chi connectivity index (χ1v) is 8.53. The summed E-state index contributed by atoms with van der Waals surface area (Å²) >= 11 is 1.62. The Morgan fingerprint density at radius 2 is 2.23 bits per heavy atom. The van der Waals surface area contributed by atoms with Crippen LogP contribution in [0.3, 0.4) is 0 Å². The standard InChI is InChI=1S/C16H21N3O2S/c1-4-16(2,3)18-12(20)8-19-9-17-14-13(15(19)21)10-6-5-7-11(10)22-14/h9H,4-8H2,1-3H3,(H,18,20). The normalized spacial score (nSPS) is 14.3. The third-order valence-electron chi connectivity index (χ3n) is 4.37. The number of carbonyl (C=O) groups is 1. The summed E-state index contributed by atoms with van der Waals surface area (Å²) in [6, 6.07) is 0. The average molecular weight is 319 g/mol. The van der Waals surface area contributed by atoms with E-state index in [1.54, 1.807) is 11.3 Å². The number of nitrogens with one attached hydrogen (secondary N) is 1. The smallest absolute Gasteiger partial charge is 0.262 e. The van der Waals surface area contributed by atoms with Gasteiger partial charge in [0.25, 0.3) is 5.56 Å². The van der Waals surface area contributed by atoms with Crippen molar-refractivity contribution in [1.82, 2.24) is 14.9 Å². The quantitative estimate of drug-likeness (QED) is 0.940. The summed E-state index contributed by atoms with van der Waals surface area (Å²) in [5.41, 5.74) is 0.803. The molecule has 1 amide bonds. The maximum atomic E-state index is 12.7. The fraction of sp³-hybridized carbons (Fsp3) is 0.562. The van der Waals surface area contributed by atoms with E-state index in [0.717, 1.165) is 41.5 Å². The third kappa shape index (κ3) is 2.67. The topological polar surface area (TPSA) is 64.0 Å². The molecule has 1 aliphatic carbocycles. The summed E-state index contributed by atoms with van der Waals surface area (Å²) in [6.07, 6.45) is 5.43. The predicted molar refractivity (Wildman–Crippen MR) is 88.4 cm³/mol. The lowest BCUT2D eigenvalue weighted by Gasteiger charge is -2.24. The number of carbonyl (C=O) groups excluding carboxylic acids is 1. The van der Waals surface area contributed by atoms with Crippen LogP contribution in [0.5, 0.6) is 0 Å². The maximum Gasteiger partial charge on any atom is 0.262 e. The minimum Gasteiger partial charge on any atom is -0.350 e. The van der Waals surface area contributed by atoms with Crippen molar-refractivity contribution in [3.63, 3.8) is 0 Å². The van der Waals surface area contributed by atoms with Crippen LogP contribution in [0.4, 0.5) is 0 Å². The van der Waals surface area contributed by atoms with E-state index >= 15 is 0 Å². The first-order valence-electron chi connectivity index (χ1n) is 7.72. The van der Waals surface area contributed by atoms with E-state index in [1.165, 1.54) is 15.8 Å². The van der Waals surface area contributed by atoms with Gasteiger partial charge in [0, 0.05) is 10.4 Å².